The summed E-state index contributed by atoms with van der Waals surface area (Å²) in [6.07, 6.45) is 1.12. The monoisotopic (exact) mass is 206 g/mol. The minimum atomic E-state index is -0.467. The van der Waals surface area contributed by atoms with E-state index < -0.39 is 11.2 Å². The van der Waals surface area contributed by atoms with Crippen molar-refractivity contribution >= 4 is 24.0 Å². The Hall–Kier alpha value is -0.710. The molecule has 0 saturated heterocycles. The average molecular weight is 206 g/mol. The van der Waals surface area contributed by atoms with Crippen molar-refractivity contribution < 1.29 is 18.5 Å². The Bertz CT molecular complexity index is 181. The fourth-order valence-electron chi connectivity index (χ4n) is 0.577. The van der Waals surface area contributed by atoms with Gasteiger partial charge in [0.25, 0.3) is 0 Å². The van der Waals surface area contributed by atoms with Crippen molar-refractivity contribution in [3.8, 4) is 0 Å². The van der Waals surface area contributed by atoms with Gasteiger partial charge in [-0.3, -0.25) is 9.59 Å². The molecule has 0 radical (unpaired) electrons. The zero-order valence-corrected chi connectivity index (χ0v) is 8.85. The lowest BCUT2D eigenvalue weighted by Crippen LogP contribution is -2.16. The van der Waals surface area contributed by atoms with Crippen molar-refractivity contribution in [3.05, 3.63) is 0 Å². The molecule has 0 heterocycles. The second-order valence-electron chi connectivity index (χ2n) is 2.47. The Kier molecular flexibility index (Phi) is 6.40. The quantitative estimate of drug-likeness (QED) is 0.504. The van der Waals surface area contributed by atoms with Crippen LogP contribution in [-0.2, 0) is 18.5 Å². The van der Waals surface area contributed by atoms with Gasteiger partial charge >= 0.3 is 11.9 Å². The number of carbonyl (C=O) groups excluding carboxylic acids is 2. The second-order valence-corrected chi connectivity index (χ2v) is 3.53. The van der Waals surface area contributed by atoms with Gasteiger partial charge in [-0.15, -0.1) is 0 Å². The van der Waals surface area contributed by atoms with Gasteiger partial charge in [0, 0.05) is 6.42 Å². The van der Waals surface area contributed by atoms with Crippen molar-refractivity contribution in [1.82, 2.24) is 0 Å². The first-order chi connectivity index (χ1) is 6.11. The molecule has 1 unspecified atom stereocenters. The average Bonchev–Trinajstić information content (AvgIpc) is 2.13. The normalized spacial score (nSPS) is 11.9. The van der Waals surface area contributed by atoms with Gasteiger partial charge in [-0.05, 0) is 13.3 Å². The van der Waals surface area contributed by atoms with Gasteiger partial charge < -0.3 is 8.92 Å². The molecule has 0 N–H and O–H groups in total. The highest BCUT2D eigenvalue weighted by atomic mass is 32.2. The zero-order valence-electron chi connectivity index (χ0n) is 8.03. The van der Waals surface area contributed by atoms with Gasteiger partial charge in [0.1, 0.15) is 5.25 Å². The highest BCUT2D eigenvalue weighted by Gasteiger charge is 2.16. The van der Waals surface area contributed by atoms with Crippen LogP contribution in [0, 0.1) is 0 Å². The molecule has 0 aliphatic carbocycles. The van der Waals surface area contributed by atoms with Crippen molar-refractivity contribution in [1.29, 1.82) is 0 Å². The minimum Gasteiger partial charge on any atom is -0.468 e. The van der Waals surface area contributed by atoms with Gasteiger partial charge in [-0.1, -0.05) is 6.92 Å². The molecule has 4 nitrogen and oxygen atoms in total. The summed E-state index contributed by atoms with van der Waals surface area (Å²) in [5, 5.41) is -0.467. The summed E-state index contributed by atoms with van der Waals surface area (Å²) >= 11 is 0.833. The van der Waals surface area contributed by atoms with Crippen LogP contribution in [0.15, 0.2) is 0 Å². The molecule has 0 saturated carbocycles. The maximum Gasteiger partial charge on any atom is 0.321 e. The van der Waals surface area contributed by atoms with Crippen molar-refractivity contribution in [2.75, 3.05) is 7.11 Å². The molecule has 1 atom stereocenters. The lowest BCUT2D eigenvalue weighted by Gasteiger charge is -2.07. The molecule has 0 fully saturated rings. The van der Waals surface area contributed by atoms with Crippen molar-refractivity contribution in [2.24, 2.45) is 0 Å². The van der Waals surface area contributed by atoms with Crippen LogP contribution in [0.5, 0.6) is 0 Å². The molecular formula is C8H14O4S. The summed E-state index contributed by atoms with van der Waals surface area (Å²) in [5.41, 5.74) is 0. The zero-order chi connectivity index (χ0) is 10.3. The Labute approximate surface area is 82.2 Å². The topological polar surface area (TPSA) is 52.6 Å². The van der Waals surface area contributed by atoms with Crippen LogP contribution < -0.4 is 0 Å². The van der Waals surface area contributed by atoms with E-state index in [1.807, 2.05) is 6.92 Å². The smallest absolute Gasteiger partial charge is 0.321 e. The summed E-state index contributed by atoms with van der Waals surface area (Å²) in [7, 11) is 1.30. The molecule has 0 aliphatic heterocycles. The van der Waals surface area contributed by atoms with Crippen molar-refractivity contribution in [3.63, 3.8) is 0 Å². The Morgan fingerprint density at radius 1 is 1.46 bits per heavy atom. The van der Waals surface area contributed by atoms with E-state index in [1.165, 1.54) is 7.11 Å². The lowest BCUT2D eigenvalue weighted by atomic mass is 10.4. The van der Waals surface area contributed by atoms with Crippen LogP contribution in [-0.4, -0.2) is 24.3 Å². The van der Waals surface area contributed by atoms with Crippen LogP contribution in [0.1, 0.15) is 26.7 Å². The van der Waals surface area contributed by atoms with E-state index in [4.69, 9.17) is 4.18 Å². The summed E-state index contributed by atoms with van der Waals surface area (Å²) in [6.45, 7) is 3.51. The van der Waals surface area contributed by atoms with E-state index in [2.05, 4.69) is 4.74 Å². The fraction of sp³-hybridized carbons (Fsp3) is 0.750. The first kappa shape index (κ1) is 12.3. The summed E-state index contributed by atoms with van der Waals surface area (Å²) in [6, 6.07) is 0. The van der Waals surface area contributed by atoms with Crippen LogP contribution in [0.3, 0.4) is 0 Å². The van der Waals surface area contributed by atoms with E-state index in [0.29, 0.717) is 6.42 Å². The van der Waals surface area contributed by atoms with E-state index >= 15 is 0 Å². The molecule has 0 amide bonds. The van der Waals surface area contributed by atoms with Crippen LogP contribution >= 0.6 is 12.0 Å². The molecule has 0 aromatic carbocycles. The Morgan fingerprint density at radius 3 is 2.54 bits per heavy atom. The molecule has 0 aromatic rings. The third kappa shape index (κ3) is 5.52. The minimum absolute atomic E-state index is 0.303. The summed E-state index contributed by atoms with van der Waals surface area (Å²) in [5.74, 6) is -0.697. The third-order valence-electron chi connectivity index (χ3n) is 1.27. The molecule has 76 valence electrons. The van der Waals surface area contributed by atoms with E-state index in [1.54, 1.807) is 6.92 Å². The van der Waals surface area contributed by atoms with E-state index in [9.17, 15) is 9.59 Å². The highest BCUT2D eigenvalue weighted by Crippen LogP contribution is 2.14. The van der Waals surface area contributed by atoms with E-state index in [-0.39, 0.29) is 5.97 Å². The largest absolute Gasteiger partial charge is 0.468 e. The molecule has 5 heteroatoms. The standard InChI is InChI=1S/C8H14O4S/c1-4-5-7(9)12-13-6(2)8(10)11-3/h6H,4-5H2,1-3H3. The molecule has 0 spiro atoms. The molecule has 0 aliphatic rings. The Morgan fingerprint density at radius 2 is 2.08 bits per heavy atom. The SMILES string of the molecule is CCCC(=O)OSC(C)C(=O)OC. The van der Waals surface area contributed by atoms with E-state index in [0.717, 1.165) is 18.5 Å². The number of methoxy groups -OCH3 is 1. The van der Waals surface area contributed by atoms with Crippen LogP contribution in [0.2, 0.25) is 0 Å². The van der Waals surface area contributed by atoms with Crippen LogP contribution in [0.4, 0.5) is 0 Å². The van der Waals surface area contributed by atoms with Crippen LogP contribution in [0.25, 0.3) is 0 Å². The maximum atomic E-state index is 10.9. The number of ether oxygens (including phenoxy) is 1. The van der Waals surface area contributed by atoms with Crippen molar-refractivity contribution in [2.45, 2.75) is 31.9 Å². The number of carbonyl (C=O) groups is 2. The van der Waals surface area contributed by atoms with Gasteiger partial charge in [0.05, 0.1) is 19.2 Å². The third-order valence-corrected chi connectivity index (χ3v) is 2.04. The summed E-state index contributed by atoms with van der Waals surface area (Å²) < 4.78 is 9.20. The highest BCUT2D eigenvalue weighted by molar-refractivity contribution is 7.96. The van der Waals surface area contributed by atoms with Gasteiger partial charge in [-0.2, -0.15) is 0 Å². The predicted octanol–water partition coefficient (Wildman–Crippen LogP) is 1.54. The van der Waals surface area contributed by atoms with Gasteiger partial charge in [0.2, 0.25) is 0 Å². The van der Waals surface area contributed by atoms with Gasteiger partial charge in [0.15, 0.2) is 0 Å². The number of esters is 1. The molecule has 0 rings (SSSR count). The lowest BCUT2D eigenvalue weighted by molar-refractivity contribution is -0.139. The first-order valence-electron chi connectivity index (χ1n) is 4.05. The molecule has 0 bridgehead atoms. The number of hydrogen-bond acceptors (Lipinski definition) is 5. The predicted molar refractivity (Wildman–Crippen MR) is 50.1 cm³/mol. The number of rotatable bonds is 5. The molecule has 0 aromatic heterocycles. The molecule has 13 heavy (non-hydrogen) atoms. The number of hydrogen-bond donors (Lipinski definition) is 0. The Balaban J connectivity index is 3.63. The van der Waals surface area contributed by atoms with Gasteiger partial charge in [-0.25, -0.2) is 0 Å². The fourth-order valence-corrected chi connectivity index (χ4v) is 1.09. The first-order valence-corrected chi connectivity index (χ1v) is 4.86. The maximum absolute atomic E-state index is 10.9. The summed E-state index contributed by atoms with van der Waals surface area (Å²) in [4.78, 5) is 21.7. The second kappa shape index (κ2) is 6.77. The molecular weight excluding hydrogens is 192 g/mol.